The molecule has 6 nitrogen and oxygen atoms in total. The van der Waals surface area contributed by atoms with Crippen molar-refractivity contribution in [2.45, 2.75) is 0 Å². The van der Waals surface area contributed by atoms with Crippen molar-refractivity contribution in [3.63, 3.8) is 0 Å². The van der Waals surface area contributed by atoms with Gasteiger partial charge in [0.05, 0.1) is 16.1 Å². The Morgan fingerprint density at radius 3 is 2.79 bits per heavy atom. The lowest BCUT2D eigenvalue weighted by atomic mass is 10.1. The number of nitrogens with two attached hydrogens (primary N) is 1. The van der Waals surface area contributed by atoms with Crippen molar-refractivity contribution in [3.8, 4) is 11.3 Å². The van der Waals surface area contributed by atoms with Gasteiger partial charge in [-0.25, -0.2) is 0 Å². The summed E-state index contributed by atoms with van der Waals surface area (Å²) in [6.07, 6.45) is 0. The highest BCUT2D eigenvalue weighted by Crippen LogP contribution is 2.30. The SMILES string of the molecule is Nc1cccc2c(-c3cccc([N+](=O)[O-])c3)n[nH]c12. The number of non-ortho nitro benzene ring substituents is 1. The molecule has 0 bridgehead atoms. The number of nitrogens with zero attached hydrogens (tertiary/aromatic N) is 2. The van der Waals surface area contributed by atoms with Crippen LogP contribution in [0, 0.1) is 10.1 Å². The minimum atomic E-state index is -0.424. The van der Waals surface area contributed by atoms with Crippen LogP contribution in [0.15, 0.2) is 42.5 Å². The number of hydrogen-bond donors (Lipinski definition) is 2. The summed E-state index contributed by atoms with van der Waals surface area (Å²) in [5.41, 5.74) is 8.57. The standard InChI is InChI=1S/C13H10N4O2/c14-11-6-2-5-10-12(15-16-13(10)11)8-3-1-4-9(7-8)17(18)19/h1-7H,14H2,(H,15,16). The minimum Gasteiger partial charge on any atom is -0.397 e. The number of nitrogens with one attached hydrogen (secondary N) is 1. The fourth-order valence-corrected chi connectivity index (χ4v) is 2.05. The van der Waals surface area contributed by atoms with E-state index in [2.05, 4.69) is 10.2 Å². The third kappa shape index (κ3) is 1.79. The number of nitro benzene ring substituents is 1. The van der Waals surface area contributed by atoms with Crippen LogP contribution in [0.3, 0.4) is 0 Å². The average molecular weight is 254 g/mol. The van der Waals surface area contributed by atoms with Crippen LogP contribution < -0.4 is 5.73 Å². The lowest BCUT2D eigenvalue weighted by Crippen LogP contribution is -1.88. The second-order valence-electron chi connectivity index (χ2n) is 4.15. The summed E-state index contributed by atoms with van der Waals surface area (Å²) in [4.78, 5) is 10.4. The van der Waals surface area contributed by atoms with Gasteiger partial charge in [-0.2, -0.15) is 5.10 Å². The Kier molecular flexibility index (Phi) is 2.42. The molecule has 0 aliphatic carbocycles. The topological polar surface area (TPSA) is 97.8 Å². The van der Waals surface area contributed by atoms with E-state index in [1.54, 1.807) is 18.2 Å². The lowest BCUT2D eigenvalue weighted by Gasteiger charge is -1.99. The largest absolute Gasteiger partial charge is 0.397 e. The Balaban J connectivity index is 2.22. The molecule has 0 saturated heterocycles. The van der Waals surface area contributed by atoms with Crippen molar-refractivity contribution >= 4 is 22.3 Å². The van der Waals surface area contributed by atoms with E-state index < -0.39 is 4.92 Å². The molecule has 3 N–H and O–H groups in total. The molecule has 3 rings (SSSR count). The summed E-state index contributed by atoms with van der Waals surface area (Å²) < 4.78 is 0. The Morgan fingerprint density at radius 2 is 2.00 bits per heavy atom. The summed E-state index contributed by atoms with van der Waals surface area (Å²) in [5.74, 6) is 0. The van der Waals surface area contributed by atoms with Gasteiger partial charge in [0.15, 0.2) is 0 Å². The second kappa shape index (κ2) is 4.09. The van der Waals surface area contributed by atoms with E-state index in [0.29, 0.717) is 16.9 Å². The third-order valence-corrected chi connectivity index (χ3v) is 2.96. The van der Waals surface area contributed by atoms with E-state index in [-0.39, 0.29) is 5.69 Å². The molecule has 0 unspecified atom stereocenters. The number of nitrogen functional groups attached to an aromatic ring is 1. The highest BCUT2D eigenvalue weighted by Gasteiger charge is 2.12. The third-order valence-electron chi connectivity index (χ3n) is 2.96. The molecule has 2 aromatic carbocycles. The van der Waals surface area contributed by atoms with Crippen molar-refractivity contribution in [2.75, 3.05) is 5.73 Å². The summed E-state index contributed by atoms with van der Waals surface area (Å²) in [6.45, 7) is 0. The molecule has 3 aromatic rings. The first kappa shape index (κ1) is 11.2. The highest BCUT2D eigenvalue weighted by atomic mass is 16.6. The molecular weight excluding hydrogens is 244 g/mol. The summed E-state index contributed by atoms with van der Waals surface area (Å²) in [7, 11) is 0. The number of aromatic nitrogens is 2. The molecular formula is C13H10N4O2. The molecule has 0 spiro atoms. The number of aromatic amines is 1. The molecule has 0 aliphatic heterocycles. The number of para-hydroxylation sites is 1. The molecule has 0 saturated carbocycles. The van der Waals surface area contributed by atoms with Crippen LogP contribution in [-0.2, 0) is 0 Å². The van der Waals surface area contributed by atoms with Gasteiger partial charge < -0.3 is 5.73 Å². The fraction of sp³-hybridized carbons (Fsp3) is 0. The summed E-state index contributed by atoms with van der Waals surface area (Å²) >= 11 is 0. The van der Waals surface area contributed by atoms with Gasteiger partial charge in [-0.15, -0.1) is 0 Å². The van der Waals surface area contributed by atoms with E-state index in [0.717, 1.165) is 10.9 Å². The zero-order valence-corrected chi connectivity index (χ0v) is 9.83. The number of rotatable bonds is 2. The van der Waals surface area contributed by atoms with E-state index >= 15 is 0 Å². The quantitative estimate of drug-likeness (QED) is 0.417. The van der Waals surface area contributed by atoms with Gasteiger partial charge in [0.2, 0.25) is 0 Å². The van der Waals surface area contributed by atoms with Crippen LogP contribution in [0.5, 0.6) is 0 Å². The van der Waals surface area contributed by atoms with Crippen LogP contribution in [0.25, 0.3) is 22.2 Å². The maximum atomic E-state index is 10.8. The number of H-pyrrole nitrogens is 1. The number of nitro groups is 1. The number of anilines is 1. The van der Waals surface area contributed by atoms with Gasteiger partial charge in [-0.3, -0.25) is 15.2 Å². The smallest absolute Gasteiger partial charge is 0.270 e. The van der Waals surface area contributed by atoms with Crippen molar-refractivity contribution < 1.29 is 4.92 Å². The average Bonchev–Trinajstić information content (AvgIpc) is 2.84. The molecule has 6 heteroatoms. The monoisotopic (exact) mass is 254 g/mol. The summed E-state index contributed by atoms with van der Waals surface area (Å²) in [6, 6.07) is 11.9. The fourth-order valence-electron chi connectivity index (χ4n) is 2.05. The van der Waals surface area contributed by atoms with Crippen LogP contribution in [0.4, 0.5) is 11.4 Å². The number of benzene rings is 2. The van der Waals surface area contributed by atoms with Gasteiger partial charge >= 0.3 is 0 Å². The van der Waals surface area contributed by atoms with Crippen LogP contribution in [-0.4, -0.2) is 15.1 Å². The van der Waals surface area contributed by atoms with Crippen LogP contribution >= 0.6 is 0 Å². The molecule has 0 fully saturated rings. The van der Waals surface area contributed by atoms with Gasteiger partial charge in [0, 0.05) is 23.1 Å². The first-order valence-corrected chi connectivity index (χ1v) is 5.64. The first-order valence-electron chi connectivity index (χ1n) is 5.64. The predicted molar refractivity (Wildman–Crippen MR) is 72.6 cm³/mol. The van der Waals surface area contributed by atoms with E-state index in [4.69, 9.17) is 5.73 Å². The zero-order valence-electron chi connectivity index (χ0n) is 9.83. The van der Waals surface area contributed by atoms with Crippen molar-refractivity contribution in [3.05, 3.63) is 52.6 Å². The molecule has 94 valence electrons. The molecule has 0 radical (unpaired) electrons. The van der Waals surface area contributed by atoms with Gasteiger partial charge in [0.1, 0.15) is 5.69 Å². The normalized spacial score (nSPS) is 10.7. The zero-order chi connectivity index (χ0) is 13.4. The summed E-state index contributed by atoms with van der Waals surface area (Å²) in [5, 5.41) is 18.7. The first-order chi connectivity index (χ1) is 9.16. The van der Waals surface area contributed by atoms with Crippen molar-refractivity contribution in [1.82, 2.24) is 10.2 Å². The molecule has 1 aromatic heterocycles. The Bertz CT molecular complexity index is 779. The van der Waals surface area contributed by atoms with E-state index in [9.17, 15) is 10.1 Å². The lowest BCUT2D eigenvalue weighted by molar-refractivity contribution is -0.384. The molecule has 0 atom stereocenters. The second-order valence-corrected chi connectivity index (χ2v) is 4.15. The number of hydrogen-bond acceptors (Lipinski definition) is 4. The van der Waals surface area contributed by atoms with Gasteiger partial charge in [0.25, 0.3) is 5.69 Å². The molecule has 1 heterocycles. The maximum Gasteiger partial charge on any atom is 0.270 e. The minimum absolute atomic E-state index is 0.0394. The number of fused-ring (bicyclic) bond motifs is 1. The van der Waals surface area contributed by atoms with E-state index in [1.807, 2.05) is 12.1 Å². The van der Waals surface area contributed by atoms with Gasteiger partial charge in [-0.1, -0.05) is 24.3 Å². The molecule has 0 amide bonds. The Hall–Kier alpha value is -2.89. The van der Waals surface area contributed by atoms with Crippen molar-refractivity contribution in [2.24, 2.45) is 0 Å². The predicted octanol–water partition coefficient (Wildman–Crippen LogP) is 2.72. The van der Waals surface area contributed by atoms with E-state index in [1.165, 1.54) is 12.1 Å². The highest BCUT2D eigenvalue weighted by molar-refractivity contribution is 5.98. The molecule has 19 heavy (non-hydrogen) atoms. The Labute approximate surface area is 108 Å². The molecule has 0 aliphatic rings. The van der Waals surface area contributed by atoms with Crippen LogP contribution in [0.1, 0.15) is 0 Å². The maximum absolute atomic E-state index is 10.8. The van der Waals surface area contributed by atoms with Crippen molar-refractivity contribution in [1.29, 1.82) is 0 Å². The van der Waals surface area contributed by atoms with Gasteiger partial charge in [-0.05, 0) is 6.07 Å². The Morgan fingerprint density at radius 1 is 1.21 bits per heavy atom. The van der Waals surface area contributed by atoms with Crippen LogP contribution in [0.2, 0.25) is 0 Å².